The van der Waals surface area contributed by atoms with Crippen LogP contribution >= 0.6 is 11.3 Å². The molecule has 0 aliphatic rings. The highest BCUT2D eigenvalue weighted by Crippen LogP contribution is 2.30. The van der Waals surface area contributed by atoms with E-state index in [-0.39, 0.29) is 5.91 Å². The second kappa shape index (κ2) is 6.33. The normalized spacial score (nSPS) is 10.9. The SMILES string of the molecule is Cc1nn(CCNC(=O)c2cn(C)nn2)c(C)c1-c1cccs1. The summed E-state index contributed by atoms with van der Waals surface area (Å²) >= 11 is 1.71. The molecule has 0 fully saturated rings. The number of carbonyl (C=O) groups is 1. The lowest BCUT2D eigenvalue weighted by atomic mass is 10.1. The van der Waals surface area contributed by atoms with E-state index in [1.165, 1.54) is 15.1 Å². The molecule has 3 rings (SSSR count). The van der Waals surface area contributed by atoms with E-state index < -0.39 is 0 Å². The number of carbonyl (C=O) groups excluding carboxylic acids is 1. The van der Waals surface area contributed by atoms with Gasteiger partial charge in [0.2, 0.25) is 0 Å². The average molecular weight is 330 g/mol. The third-order valence-corrected chi connectivity index (χ3v) is 4.48. The van der Waals surface area contributed by atoms with Crippen molar-refractivity contribution in [3.8, 4) is 10.4 Å². The van der Waals surface area contributed by atoms with Gasteiger partial charge in [-0.1, -0.05) is 11.3 Å². The molecular formula is C15H18N6OS. The molecule has 0 aliphatic carbocycles. The standard InChI is InChI=1S/C15H18N6OS/c1-10-14(13-5-4-8-23-13)11(2)21(18-10)7-6-16-15(22)12-9-20(3)19-17-12/h4-5,8-9H,6-7H2,1-3H3,(H,16,22). The summed E-state index contributed by atoms with van der Waals surface area (Å²) in [5, 5.41) is 17.0. The largest absolute Gasteiger partial charge is 0.349 e. The minimum absolute atomic E-state index is 0.224. The number of rotatable bonds is 5. The van der Waals surface area contributed by atoms with Crippen LogP contribution in [0.1, 0.15) is 21.9 Å². The van der Waals surface area contributed by atoms with Gasteiger partial charge >= 0.3 is 0 Å². The van der Waals surface area contributed by atoms with Gasteiger partial charge in [-0.25, -0.2) is 0 Å². The number of aromatic nitrogens is 5. The van der Waals surface area contributed by atoms with E-state index in [1.807, 2.05) is 17.7 Å². The Hall–Kier alpha value is -2.48. The maximum Gasteiger partial charge on any atom is 0.273 e. The predicted octanol–water partition coefficient (Wildman–Crippen LogP) is 1.79. The summed E-state index contributed by atoms with van der Waals surface area (Å²) in [5.41, 5.74) is 3.62. The van der Waals surface area contributed by atoms with Crippen LogP contribution in [0.5, 0.6) is 0 Å². The van der Waals surface area contributed by atoms with E-state index in [1.54, 1.807) is 24.6 Å². The zero-order valence-electron chi connectivity index (χ0n) is 13.3. The van der Waals surface area contributed by atoms with Gasteiger partial charge in [-0.2, -0.15) is 5.10 Å². The van der Waals surface area contributed by atoms with Crippen LogP contribution in [-0.2, 0) is 13.6 Å². The fraction of sp³-hybridized carbons (Fsp3) is 0.333. The first-order valence-corrected chi connectivity index (χ1v) is 8.16. The summed E-state index contributed by atoms with van der Waals surface area (Å²) in [6.07, 6.45) is 1.59. The molecule has 0 atom stereocenters. The molecule has 0 aliphatic heterocycles. The number of nitrogens with zero attached hydrogens (tertiary/aromatic N) is 5. The van der Waals surface area contributed by atoms with E-state index in [4.69, 9.17) is 0 Å². The molecule has 1 N–H and O–H groups in total. The highest BCUT2D eigenvalue weighted by molar-refractivity contribution is 7.13. The Balaban J connectivity index is 1.65. The summed E-state index contributed by atoms with van der Waals surface area (Å²) in [5.74, 6) is -0.224. The van der Waals surface area contributed by atoms with Crippen molar-refractivity contribution in [3.63, 3.8) is 0 Å². The summed E-state index contributed by atoms with van der Waals surface area (Å²) in [7, 11) is 1.73. The van der Waals surface area contributed by atoms with Gasteiger partial charge in [0.05, 0.1) is 18.4 Å². The van der Waals surface area contributed by atoms with Crippen molar-refractivity contribution >= 4 is 17.2 Å². The quantitative estimate of drug-likeness (QED) is 0.773. The molecule has 8 heteroatoms. The van der Waals surface area contributed by atoms with Gasteiger partial charge in [-0.3, -0.25) is 14.2 Å². The number of nitrogens with one attached hydrogen (secondary N) is 1. The molecule has 0 aromatic carbocycles. The van der Waals surface area contributed by atoms with Crippen LogP contribution in [-0.4, -0.2) is 37.2 Å². The summed E-state index contributed by atoms with van der Waals surface area (Å²) in [4.78, 5) is 13.2. The predicted molar refractivity (Wildman–Crippen MR) is 88.4 cm³/mol. The molecule has 1 amide bonds. The number of hydrogen-bond acceptors (Lipinski definition) is 5. The topological polar surface area (TPSA) is 77.6 Å². The molecule has 0 bridgehead atoms. The zero-order chi connectivity index (χ0) is 16.4. The van der Waals surface area contributed by atoms with Crippen LogP contribution in [0.3, 0.4) is 0 Å². The highest BCUT2D eigenvalue weighted by Gasteiger charge is 2.14. The van der Waals surface area contributed by atoms with Crippen LogP contribution in [0.2, 0.25) is 0 Å². The van der Waals surface area contributed by atoms with Gasteiger partial charge in [0.15, 0.2) is 5.69 Å². The molecule has 120 valence electrons. The van der Waals surface area contributed by atoms with Gasteiger partial charge < -0.3 is 5.32 Å². The summed E-state index contributed by atoms with van der Waals surface area (Å²) in [6, 6.07) is 4.14. The van der Waals surface area contributed by atoms with Crippen molar-refractivity contribution in [1.82, 2.24) is 30.1 Å². The lowest BCUT2D eigenvalue weighted by molar-refractivity contribution is 0.0946. The van der Waals surface area contributed by atoms with Crippen molar-refractivity contribution in [2.24, 2.45) is 7.05 Å². The smallest absolute Gasteiger partial charge is 0.273 e. The molecule has 0 saturated carbocycles. The first-order valence-electron chi connectivity index (χ1n) is 7.28. The zero-order valence-corrected chi connectivity index (χ0v) is 14.1. The third-order valence-electron chi connectivity index (χ3n) is 3.59. The number of thiophene rings is 1. The van der Waals surface area contributed by atoms with Gasteiger partial charge in [-0.05, 0) is 25.3 Å². The van der Waals surface area contributed by atoms with Gasteiger partial charge in [0, 0.05) is 29.7 Å². The summed E-state index contributed by atoms with van der Waals surface area (Å²) < 4.78 is 3.44. The second-order valence-corrected chi connectivity index (χ2v) is 6.23. The van der Waals surface area contributed by atoms with Crippen molar-refractivity contribution in [2.75, 3.05) is 6.54 Å². The molecule has 3 aromatic rings. The third kappa shape index (κ3) is 3.16. The van der Waals surface area contributed by atoms with Crippen molar-refractivity contribution < 1.29 is 4.79 Å². The Kier molecular flexibility index (Phi) is 4.24. The van der Waals surface area contributed by atoms with E-state index in [9.17, 15) is 4.79 Å². The van der Waals surface area contributed by atoms with E-state index in [2.05, 4.69) is 39.1 Å². The van der Waals surface area contributed by atoms with E-state index in [0.29, 0.717) is 18.8 Å². The van der Waals surface area contributed by atoms with Crippen LogP contribution in [0.25, 0.3) is 10.4 Å². The summed E-state index contributed by atoms with van der Waals surface area (Å²) in [6.45, 7) is 5.17. The minimum atomic E-state index is -0.224. The van der Waals surface area contributed by atoms with E-state index in [0.717, 1.165) is 11.4 Å². The van der Waals surface area contributed by atoms with E-state index >= 15 is 0 Å². The Bertz CT molecular complexity index is 817. The van der Waals surface area contributed by atoms with Crippen molar-refractivity contribution in [3.05, 3.63) is 40.8 Å². The lowest BCUT2D eigenvalue weighted by Gasteiger charge is -2.06. The van der Waals surface area contributed by atoms with Gasteiger partial charge in [0.25, 0.3) is 5.91 Å². The Morgan fingerprint density at radius 1 is 1.39 bits per heavy atom. The Morgan fingerprint density at radius 3 is 2.87 bits per heavy atom. The second-order valence-electron chi connectivity index (χ2n) is 5.28. The van der Waals surface area contributed by atoms with Crippen LogP contribution in [0, 0.1) is 13.8 Å². The lowest BCUT2D eigenvalue weighted by Crippen LogP contribution is -2.28. The fourth-order valence-electron chi connectivity index (χ4n) is 2.51. The molecule has 0 spiro atoms. The first-order chi connectivity index (χ1) is 11.1. The minimum Gasteiger partial charge on any atom is -0.349 e. The molecule has 0 unspecified atom stereocenters. The molecular weight excluding hydrogens is 312 g/mol. The van der Waals surface area contributed by atoms with Crippen LogP contribution < -0.4 is 5.32 Å². The number of amides is 1. The Morgan fingerprint density at radius 2 is 2.22 bits per heavy atom. The van der Waals surface area contributed by atoms with Crippen LogP contribution in [0.4, 0.5) is 0 Å². The Labute approximate surface area is 137 Å². The number of aryl methyl sites for hydroxylation is 2. The molecule has 0 saturated heterocycles. The number of hydrogen-bond donors (Lipinski definition) is 1. The monoisotopic (exact) mass is 330 g/mol. The highest BCUT2D eigenvalue weighted by atomic mass is 32.1. The maximum absolute atomic E-state index is 11.9. The molecule has 0 radical (unpaired) electrons. The average Bonchev–Trinajstić information content (AvgIpc) is 3.22. The molecule has 3 heterocycles. The molecule has 3 aromatic heterocycles. The van der Waals surface area contributed by atoms with Crippen LogP contribution in [0.15, 0.2) is 23.7 Å². The maximum atomic E-state index is 11.9. The first kappa shape index (κ1) is 15.4. The molecule has 23 heavy (non-hydrogen) atoms. The van der Waals surface area contributed by atoms with Crippen molar-refractivity contribution in [2.45, 2.75) is 20.4 Å². The van der Waals surface area contributed by atoms with Gasteiger partial charge in [0.1, 0.15) is 0 Å². The van der Waals surface area contributed by atoms with Gasteiger partial charge in [-0.15, -0.1) is 16.4 Å². The fourth-order valence-corrected chi connectivity index (χ4v) is 3.38. The van der Waals surface area contributed by atoms with Crippen molar-refractivity contribution in [1.29, 1.82) is 0 Å². The molecule has 7 nitrogen and oxygen atoms in total.